The van der Waals surface area contributed by atoms with Crippen LogP contribution in [0, 0.1) is 0 Å². The highest BCUT2D eigenvalue weighted by atomic mass is 35.5. The molecule has 6 heteroatoms. The van der Waals surface area contributed by atoms with Gasteiger partial charge >= 0.3 is 0 Å². The van der Waals surface area contributed by atoms with Crippen LogP contribution in [0.2, 0.25) is 5.02 Å². The smallest absolute Gasteiger partial charge is 0.262 e. The number of aliphatic hydroxyl groups is 1. The number of nitrogens with zero attached hydrogens (tertiary/aromatic N) is 1. The van der Waals surface area contributed by atoms with Gasteiger partial charge in [0.25, 0.3) is 5.91 Å². The molecule has 0 bridgehead atoms. The highest BCUT2D eigenvalue weighted by Crippen LogP contribution is 2.42. The Balaban J connectivity index is 1.79. The summed E-state index contributed by atoms with van der Waals surface area (Å²) in [6.45, 7) is 0.208. The van der Waals surface area contributed by atoms with Gasteiger partial charge in [-0.2, -0.15) is 0 Å². The van der Waals surface area contributed by atoms with Gasteiger partial charge < -0.3 is 10.4 Å². The van der Waals surface area contributed by atoms with Crippen molar-refractivity contribution in [2.45, 2.75) is 31.2 Å². The van der Waals surface area contributed by atoms with E-state index in [1.54, 1.807) is 30.3 Å². The van der Waals surface area contributed by atoms with Gasteiger partial charge in [-0.1, -0.05) is 29.8 Å². The molecule has 1 heterocycles. The van der Waals surface area contributed by atoms with Crippen LogP contribution in [0.5, 0.6) is 0 Å². The molecule has 2 N–H and O–H groups in total. The fraction of sp³-hybridized carbons (Fsp3) is 0.294. The number of fused-ring (bicyclic) bond motifs is 1. The lowest BCUT2D eigenvalue weighted by molar-refractivity contribution is -0.135. The second kappa shape index (κ2) is 6.26. The molecule has 2 aromatic rings. The molecule has 0 saturated heterocycles. The van der Waals surface area contributed by atoms with Crippen LogP contribution in [0.25, 0.3) is 0 Å². The molecule has 1 aromatic carbocycles. The highest BCUT2D eigenvalue weighted by molar-refractivity contribution is 6.30. The molecular weight excluding hydrogens is 319 g/mol. The largest absolute Gasteiger partial charge is 0.387 e. The molecule has 0 radical (unpaired) electrons. The van der Waals surface area contributed by atoms with Gasteiger partial charge in [0.05, 0.1) is 11.8 Å². The van der Waals surface area contributed by atoms with Crippen LogP contribution in [0.15, 0.2) is 42.6 Å². The molecule has 120 valence electrons. The van der Waals surface area contributed by atoms with Gasteiger partial charge in [0.2, 0.25) is 5.67 Å². The van der Waals surface area contributed by atoms with E-state index in [0.717, 1.165) is 5.56 Å². The molecule has 1 aliphatic rings. The van der Waals surface area contributed by atoms with Crippen LogP contribution in [0.3, 0.4) is 0 Å². The summed E-state index contributed by atoms with van der Waals surface area (Å²) < 4.78 is 15.3. The number of halogens is 2. The average Bonchev–Trinajstić information content (AvgIpc) is 2.58. The first-order valence-corrected chi connectivity index (χ1v) is 7.73. The Morgan fingerprint density at radius 2 is 2.13 bits per heavy atom. The van der Waals surface area contributed by atoms with E-state index in [4.69, 9.17) is 11.6 Å². The summed E-state index contributed by atoms with van der Waals surface area (Å²) in [5.41, 5.74) is -0.959. The Morgan fingerprint density at radius 1 is 1.39 bits per heavy atom. The van der Waals surface area contributed by atoms with Gasteiger partial charge in [-0.25, -0.2) is 4.39 Å². The van der Waals surface area contributed by atoms with Crippen LogP contribution in [0.1, 0.15) is 35.8 Å². The van der Waals surface area contributed by atoms with E-state index < -0.39 is 17.7 Å². The van der Waals surface area contributed by atoms with Crippen molar-refractivity contribution in [1.29, 1.82) is 0 Å². The van der Waals surface area contributed by atoms with E-state index in [1.807, 2.05) is 0 Å². The molecular formula is C17H16ClFN2O2. The number of alkyl halides is 1. The molecule has 2 unspecified atom stereocenters. The lowest BCUT2D eigenvalue weighted by atomic mass is 9.81. The van der Waals surface area contributed by atoms with E-state index in [-0.39, 0.29) is 30.6 Å². The monoisotopic (exact) mass is 334 g/mol. The van der Waals surface area contributed by atoms with E-state index in [0.29, 0.717) is 5.02 Å². The third-order valence-electron chi connectivity index (χ3n) is 4.07. The van der Waals surface area contributed by atoms with Crippen LogP contribution in [-0.4, -0.2) is 16.0 Å². The van der Waals surface area contributed by atoms with Gasteiger partial charge in [0.15, 0.2) is 0 Å². The number of carbonyl (C=O) groups is 1. The number of hydrogen-bond donors (Lipinski definition) is 2. The van der Waals surface area contributed by atoms with Crippen LogP contribution in [0.4, 0.5) is 4.39 Å². The standard InChI is InChI=1S/C17H16ClFN2O2/c18-12-5-3-11(4-6-12)10-21-16(23)17(19)8-7-14(22)15-13(17)2-1-9-20-15/h1-6,9,14,22H,7-8,10H2,(H,21,23). The molecule has 0 aliphatic heterocycles. The molecule has 0 saturated carbocycles. The van der Waals surface area contributed by atoms with E-state index in [2.05, 4.69) is 10.3 Å². The summed E-state index contributed by atoms with van der Waals surface area (Å²) in [6, 6.07) is 10.0. The number of hydrogen-bond acceptors (Lipinski definition) is 3. The SMILES string of the molecule is O=C(NCc1ccc(Cl)cc1)C1(F)CCC(O)c2ncccc21. The number of rotatable bonds is 3. The fourth-order valence-corrected chi connectivity index (χ4v) is 2.91. The Morgan fingerprint density at radius 3 is 2.87 bits per heavy atom. The first kappa shape index (κ1) is 15.9. The zero-order valence-corrected chi connectivity index (χ0v) is 13.1. The predicted molar refractivity (Wildman–Crippen MR) is 84.5 cm³/mol. The first-order valence-electron chi connectivity index (χ1n) is 7.36. The molecule has 23 heavy (non-hydrogen) atoms. The fourth-order valence-electron chi connectivity index (χ4n) is 2.79. The Kier molecular flexibility index (Phi) is 4.33. The molecule has 0 fully saturated rings. The minimum atomic E-state index is -2.17. The summed E-state index contributed by atoms with van der Waals surface area (Å²) in [5.74, 6) is -0.714. The van der Waals surface area contributed by atoms with E-state index in [9.17, 15) is 9.90 Å². The van der Waals surface area contributed by atoms with Gasteiger partial charge in [-0.05, 0) is 36.6 Å². The maximum atomic E-state index is 15.3. The van der Waals surface area contributed by atoms with Gasteiger partial charge in [0.1, 0.15) is 0 Å². The van der Waals surface area contributed by atoms with Gasteiger partial charge in [0, 0.05) is 23.3 Å². The number of aromatic nitrogens is 1. The van der Waals surface area contributed by atoms with Crippen molar-refractivity contribution in [2.75, 3.05) is 0 Å². The first-order chi connectivity index (χ1) is 11.0. The van der Waals surface area contributed by atoms with Crippen molar-refractivity contribution in [3.8, 4) is 0 Å². The number of aliphatic hydroxyl groups excluding tert-OH is 1. The second-order valence-corrected chi connectivity index (χ2v) is 6.04. The summed E-state index contributed by atoms with van der Waals surface area (Å²) >= 11 is 5.81. The van der Waals surface area contributed by atoms with Crippen molar-refractivity contribution in [3.05, 3.63) is 64.4 Å². The number of nitrogens with one attached hydrogen (secondary N) is 1. The second-order valence-electron chi connectivity index (χ2n) is 5.60. The molecule has 4 nitrogen and oxygen atoms in total. The number of amides is 1. The maximum absolute atomic E-state index is 15.3. The third kappa shape index (κ3) is 3.07. The van der Waals surface area contributed by atoms with Crippen LogP contribution in [-0.2, 0) is 17.0 Å². The zero-order valence-electron chi connectivity index (χ0n) is 12.3. The number of carbonyl (C=O) groups excluding carboxylic acids is 1. The number of pyridine rings is 1. The van der Waals surface area contributed by atoms with Crippen molar-refractivity contribution >= 4 is 17.5 Å². The van der Waals surface area contributed by atoms with Crippen molar-refractivity contribution in [3.63, 3.8) is 0 Å². The van der Waals surface area contributed by atoms with Gasteiger partial charge in [-0.15, -0.1) is 0 Å². The minimum absolute atomic E-state index is 0.0701. The van der Waals surface area contributed by atoms with Gasteiger partial charge in [-0.3, -0.25) is 9.78 Å². The normalized spacial score (nSPS) is 23.2. The Labute approximate surface area is 138 Å². The molecule has 1 aromatic heterocycles. The maximum Gasteiger partial charge on any atom is 0.262 e. The Bertz CT molecular complexity index is 723. The molecule has 0 spiro atoms. The molecule has 3 rings (SSSR count). The topological polar surface area (TPSA) is 62.2 Å². The quantitative estimate of drug-likeness (QED) is 0.907. The third-order valence-corrected chi connectivity index (χ3v) is 4.32. The van der Waals surface area contributed by atoms with Crippen molar-refractivity contribution in [2.24, 2.45) is 0 Å². The summed E-state index contributed by atoms with van der Waals surface area (Å²) in [4.78, 5) is 16.4. The molecule has 2 atom stereocenters. The lowest BCUT2D eigenvalue weighted by Gasteiger charge is -2.32. The summed E-state index contributed by atoms with van der Waals surface area (Å²) in [7, 11) is 0. The van der Waals surface area contributed by atoms with Crippen molar-refractivity contribution in [1.82, 2.24) is 10.3 Å². The van der Waals surface area contributed by atoms with Crippen LogP contribution >= 0.6 is 11.6 Å². The van der Waals surface area contributed by atoms with E-state index >= 15 is 4.39 Å². The predicted octanol–water partition coefficient (Wildman–Crippen LogP) is 3.04. The Hall–Kier alpha value is -1.98. The number of benzene rings is 1. The van der Waals surface area contributed by atoms with E-state index in [1.165, 1.54) is 12.3 Å². The minimum Gasteiger partial charge on any atom is -0.387 e. The molecule has 1 aliphatic carbocycles. The summed E-state index contributed by atoms with van der Waals surface area (Å²) in [5, 5.41) is 13.2. The molecule has 1 amide bonds. The van der Waals surface area contributed by atoms with Crippen LogP contribution < -0.4 is 5.32 Å². The average molecular weight is 335 g/mol. The van der Waals surface area contributed by atoms with Crippen molar-refractivity contribution < 1.29 is 14.3 Å². The summed E-state index contributed by atoms with van der Waals surface area (Å²) in [6.07, 6.45) is 0.743. The lowest BCUT2D eigenvalue weighted by Crippen LogP contribution is -2.44. The zero-order chi connectivity index (χ0) is 16.4. The highest BCUT2D eigenvalue weighted by Gasteiger charge is 2.46.